The molecule has 1 aromatic heterocycles. The predicted octanol–water partition coefficient (Wildman–Crippen LogP) is 3.70. The molecule has 1 fully saturated rings. The number of imidazole rings is 1. The fourth-order valence-corrected chi connectivity index (χ4v) is 3.43. The maximum Gasteiger partial charge on any atom is 0.170 e. The Morgan fingerprint density at radius 2 is 2.00 bits per heavy atom. The van der Waals surface area contributed by atoms with Gasteiger partial charge in [-0.1, -0.05) is 31.0 Å². The second-order valence-corrected chi connectivity index (χ2v) is 5.67. The Bertz CT molecular complexity index is 370. The van der Waals surface area contributed by atoms with Gasteiger partial charge in [-0.25, -0.2) is 4.98 Å². The van der Waals surface area contributed by atoms with Crippen molar-refractivity contribution in [3.8, 4) is 0 Å². The molecule has 0 saturated heterocycles. The molecule has 1 aromatic rings. The van der Waals surface area contributed by atoms with Gasteiger partial charge in [0.25, 0.3) is 0 Å². The first kappa shape index (κ1) is 13.0. The number of rotatable bonds is 4. The van der Waals surface area contributed by atoms with E-state index < -0.39 is 0 Å². The lowest BCUT2D eigenvalue weighted by Gasteiger charge is -2.25. The van der Waals surface area contributed by atoms with E-state index >= 15 is 0 Å². The van der Waals surface area contributed by atoms with Gasteiger partial charge in [0.15, 0.2) is 5.16 Å². The first-order valence-corrected chi connectivity index (χ1v) is 7.39. The van der Waals surface area contributed by atoms with Gasteiger partial charge in [0.2, 0.25) is 0 Å². The van der Waals surface area contributed by atoms with E-state index in [2.05, 4.69) is 23.4 Å². The summed E-state index contributed by atoms with van der Waals surface area (Å²) in [6.07, 6.45) is 6.71. The lowest BCUT2D eigenvalue weighted by molar-refractivity contribution is 0.257. The zero-order valence-electron chi connectivity index (χ0n) is 11.0. The van der Waals surface area contributed by atoms with Crippen molar-refractivity contribution < 1.29 is 4.74 Å². The highest BCUT2D eigenvalue weighted by Crippen LogP contribution is 2.34. The van der Waals surface area contributed by atoms with E-state index in [9.17, 15) is 0 Å². The van der Waals surface area contributed by atoms with Gasteiger partial charge < -0.3 is 9.30 Å². The van der Waals surface area contributed by atoms with E-state index in [0.717, 1.165) is 10.9 Å². The van der Waals surface area contributed by atoms with E-state index in [-0.39, 0.29) is 0 Å². The molecule has 1 heterocycles. The summed E-state index contributed by atoms with van der Waals surface area (Å²) in [4.78, 5) is 4.67. The molecular formula is C13H22N2OS. The van der Waals surface area contributed by atoms with Crippen LogP contribution in [0.1, 0.15) is 49.5 Å². The molecule has 0 spiro atoms. The van der Waals surface area contributed by atoms with Crippen LogP contribution < -0.4 is 0 Å². The second kappa shape index (κ2) is 5.91. The molecule has 0 aromatic carbocycles. The molecule has 0 atom stereocenters. The highest BCUT2D eigenvalue weighted by atomic mass is 32.2. The van der Waals surface area contributed by atoms with Gasteiger partial charge in [0, 0.05) is 18.8 Å². The molecule has 1 saturated carbocycles. The minimum Gasteiger partial charge on any atom is -0.374 e. The molecule has 0 bridgehead atoms. The lowest BCUT2D eigenvalue weighted by atomic mass is 9.95. The Balaban J connectivity index is 2.22. The number of thioether (sulfide) groups is 1. The van der Waals surface area contributed by atoms with Gasteiger partial charge in [-0.2, -0.15) is 0 Å². The zero-order valence-corrected chi connectivity index (χ0v) is 11.8. The third-order valence-corrected chi connectivity index (χ3v) is 4.50. The van der Waals surface area contributed by atoms with Crippen molar-refractivity contribution in [3.63, 3.8) is 0 Å². The molecule has 0 radical (unpaired) electrons. The SMILES string of the molecule is COCSc1nc(C)c(C)n1C1CCCCC1. The molecule has 2 rings (SSSR count). The normalized spacial score (nSPS) is 17.6. The van der Waals surface area contributed by atoms with Crippen molar-refractivity contribution in [1.82, 2.24) is 9.55 Å². The van der Waals surface area contributed by atoms with Crippen LogP contribution in [0.5, 0.6) is 0 Å². The van der Waals surface area contributed by atoms with Crippen LogP contribution in [0.3, 0.4) is 0 Å². The Morgan fingerprint density at radius 3 is 2.65 bits per heavy atom. The van der Waals surface area contributed by atoms with E-state index in [4.69, 9.17) is 4.74 Å². The molecule has 0 unspecified atom stereocenters. The van der Waals surface area contributed by atoms with Crippen LogP contribution >= 0.6 is 11.8 Å². The fourth-order valence-electron chi connectivity index (χ4n) is 2.58. The molecule has 96 valence electrons. The molecular weight excluding hydrogens is 232 g/mol. The number of hydrogen-bond acceptors (Lipinski definition) is 3. The Morgan fingerprint density at radius 1 is 1.29 bits per heavy atom. The maximum atomic E-state index is 5.15. The van der Waals surface area contributed by atoms with E-state index in [1.54, 1.807) is 18.9 Å². The highest BCUT2D eigenvalue weighted by Gasteiger charge is 2.21. The van der Waals surface area contributed by atoms with E-state index in [1.807, 2.05) is 0 Å². The third-order valence-electron chi connectivity index (χ3n) is 3.60. The molecule has 1 aliphatic rings. The predicted molar refractivity (Wildman–Crippen MR) is 71.6 cm³/mol. The van der Waals surface area contributed by atoms with Crippen LogP contribution in [-0.4, -0.2) is 22.6 Å². The first-order chi connectivity index (χ1) is 8.24. The summed E-state index contributed by atoms with van der Waals surface area (Å²) in [5.74, 6) is 0.683. The smallest absolute Gasteiger partial charge is 0.170 e. The molecule has 0 amide bonds. The molecule has 0 aliphatic heterocycles. The minimum atomic E-state index is 0.657. The van der Waals surface area contributed by atoms with Crippen molar-refractivity contribution in [3.05, 3.63) is 11.4 Å². The molecule has 0 N–H and O–H groups in total. The van der Waals surface area contributed by atoms with Crippen molar-refractivity contribution in [1.29, 1.82) is 0 Å². The largest absolute Gasteiger partial charge is 0.374 e. The standard InChI is InChI=1S/C13H22N2OS/c1-10-11(2)15(12-7-5-4-6-8-12)13(14-10)17-9-16-3/h12H,4-9H2,1-3H3. The summed E-state index contributed by atoms with van der Waals surface area (Å²) >= 11 is 1.71. The Labute approximate surface area is 108 Å². The van der Waals surface area contributed by atoms with Gasteiger partial charge in [0.05, 0.1) is 11.6 Å². The summed E-state index contributed by atoms with van der Waals surface area (Å²) < 4.78 is 7.59. The number of methoxy groups -OCH3 is 1. The van der Waals surface area contributed by atoms with Crippen LogP contribution in [-0.2, 0) is 4.74 Å². The lowest BCUT2D eigenvalue weighted by Crippen LogP contribution is -2.15. The van der Waals surface area contributed by atoms with Gasteiger partial charge in [0.1, 0.15) is 0 Å². The minimum absolute atomic E-state index is 0.657. The number of aromatic nitrogens is 2. The Kier molecular flexibility index (Phi) is 4.51. The van der Waals surface area contributed by atoms with E-state index in [0.29, 0.717) is 12.0 Å². The Hall–Kier alpha value is -0.480. The molecule has 4 heteroatoms. The monoisotopic (exact) mass is 254 g/mol. The van der Waals surface area contributed by atoms with Crippen molar-refractivity contribution in [2.75, 3.05) is 13.0 Å². The van der Waals surface area contributed by atoms with Crippen molar-refractivity contribution in [2.45, 2.75) is 57.1 Å². The molecule has 1 aliphatic carbocycles. The fraction of sp³-hybridized carbons (Fsp3) is 0.769. The third kappa shape index (κ3) is 2.86. The van der Waals surface area contributed by atoms with Crippen LogP contribution in [0.4, 0.5) is 0 Å². The molecule has 17 heavy (non-hydrogen) atoms. The average molecular weight is 254 g/mol. The zero-order chi connectivity index (χ0) is 12.3. The average Bonchev–Trinajstić information content (AvgIpc) is 2.64. The topological polar surface area (TPSA) is 27.1 Å². The molecule has 3 nitrogen and oxygen atoms in total. The highest BCUT2D eigenvalue weighted by molar-refractivity contribution is 7.99. The van der Waals surface area contributed by atoms with Gasteiger partial charge in [-0.15, -0.1) is 0 Å². The summed E-state index contributed by atoms with van der Waals surface area (Å²) in [5.41, 5.74) is 2.49. The van der Waals surface area contributed by atoms with Crippen LogP contribution in [0.2, 0.25) is 0 Å². The number of aryl methyl sites for hydroxylation is 1. The summed E-state index contributed by atoms with van der Waals surface area (Å²) in [6.45, 7) is 4.29. The number of ether oxygens (including phenoxy) is 1. The number of nitrogens with zero attached hydrogens (tertiary/aromatic N) is 2. The van der Waals surface area contributed by atoms with Crippen molar-refractivity contribution >= 4 is 11.8 Å². The van der Waals surface area contributed by atoms with E-state index in [1.165, 1.54) is 37.8 Å². The maximum absolute atomic E-state index is 5.15. The quantitative estimate of drug-likeness (QED) is 0.605. The second-order valence-electron chi connectivity index (χ2n) is 4.78. The number of hydrogen-bond donors (Lipinski definition) is 0. The van der Waals surface area contributed by atoms with Gasteiger partial charge in [-0.3, -0.25) is 0 Å². The summed E-state index contributed by atoms with van der Waals surface area (Å²) in [5, 5.41) is 1.13. The van der Waals surface area contributed by atoms with Crippen LogP contribution in [0.25, 0.3) is 0 Å². The van der Waals surface area contributed by atoms with Crippen LogP contribution in [0.15, 0.2) is 5.16 Å². The van der Waals surface area contributed by atoms with Crippen LogP contribution in [0, 0.1) is 13.8 Å². The van der Waals surface area contributed by atoms with Gasteiger partial charge in [-0.05, 0) is 26.7 Å². The van der Waals surface area contributed by atoms with Gasteiger partial charge >= 0.3 is 0 Å². The summed E-state index contributed by atoms with van der Waals surface area (Å²) in [7, 11) is 1.74. The summed E-state index contributed by atoms with van der Waals surface area (Å²) in [6, 6.07) is 0.657. The first-order valence-electron chi connectivity index (χ1n) is 6.41. The van der Waals surface area contributed by atoms with Crippen molar-refractivity contribution in [2.24, 2.45) is 0 Å².